The first kappa shape index (κ1) is 20.5. The van der Waals surface area contributed by atoms with Gasteiger partial charge in [-0.3, -0.25) is 9.69 Å². The third kappa shape index (κ3) is 3.39. The van der Waals surface area contributed by atoms with Gasteiger partial charge in [0.05, 0.1) is 5.92 Å². The zero-order chi connectivity index (χ0) is 20.9. The van der Waals surface area contributed by atoms with Crippen LogP contribution >= 0.6 is 0 Å². The van der Waals surface area contributed by atoms with Gasteiger partial charge in [-0.05, 0) is 62.9 Å². The summed E-state index contributed by atoms with van der Waals surface area (Å²) in [5.74, 6) is 1.32. The Kier molecular flexibility index (Phi) is 5.50. The predicted molar refractivity (Wildman–Crippen MR) is 121 cm³/mol. The summed E-state index contributed by atoms with van der Waals surface area (Å²) < 4.78 is 0. The fraction of sp³-hybridized carbons (Fsp3) is 0.640. The molecule has 0 spiro atoms. The van der Waals surface area contributed by atoms with Gasteiger partial charge in [0.25, 0.3) is 0 Å². The highest BCUT2D eigenvalue weighted by Crippen LogP contribution is 2.48. The molecule has 3 unspecified atom stereocenters. The molecule has 1 aliphatic carbocycles. The van der Waals surface area contributed by atoms with Gasteiger partial charge in [0.2, 0.25) is 5.91 Å². The summed E-state index contributed by atoms with van der Waals surface area (Å²) in [6, 6.07) is 7.52. The van der Waals surface area contributed by atoms with E-state index >= 15 is 0 Å². The third-order valence-electron chi connectivity index (χ3n) is 7.66. The summed E-state index contributed by atoms with van der Waals surface area (Å²) in [6.07, 6.45) is 4.56. The van der Waals surface area contributed by atoms with Crippen LogP contribution in [0.3, 0.4) is 0 Å². The number of anilines is 1. The number of hydrogen-bond donors (Lipinski definition) is 1. The zero-order valence-corrected chi connectivity index (χ0v) is 18.9. The molecular formula is C25H37N3O. The molecule has 158 valence electrons. The molecule has 5 atom stereocenters. The molecule has 1 aromatic rings. The number of amides is 1. The smallest absolute Gasteiger partial charge is 0.231 e. The van der Waals surface area contributed by atoms with Crippen LogP contribution < -0.4 is 5.32 Å². The second-order valence-electron chi connectivity index (χ2n) is 9.73. The maximum absolute atomic E-state index is 13.7. The molecule has 4 rings (SSSR count). The minimum absolute atomic E-state index is 0.0677. The molecule has 0 aromatic heterocycles. The van der Waals surface area contributed by atoms with Crippen molar-refractivity contribution >= 4 is 17.2 Å². The summed E-state index contributed by atoms with van der Waals surface area (Å²) in [5, 5.41) is 3.59. The van der Waals surface area contributed by atoms with Gasteiger partial charge in [-0.2, -0.15) is 0 Å². The van der Waals surface area contributed by atoms with E-state index in [9.17, 15) is 4.79 Å². The average molecular weight is 396 g/mol. The Morgan fingerprint density at radius 1 is 1.28 bits per heavy atom. The van der Waals surface area contributed by atoms with Crippen molar-refractivity contribution in [2.75, 3.05) is 25.5 Å². The molecule has 0 radical (unpaired) electrons. The summed E-state index contributed by atoms with van der Waals surface area (Å²) in [5.41, 5.74) is 5.50. The lowest BCUT2D eigenvalue weighted by Crippen LogP contribution is -2.52. The van der Waals surface area contributed by atoms with Crippen LogP contribution in [0, 0.1) is 11.8 Å². The van der Waals surface area contributed by atoms with Crippen molar-refractivity contribution in [3.05, 3.63) is 35.4 Å². The largest absolute Gasteiger partial charge is 0.384 e. The summed E-state index contributed by atoms with van der Waals surface area (Å²) >= 11 is 0. The molecule has 0 saturated heterocycles. The van der Waals surface area contributed by atoms with E-state index in [1.165, 1.54) is 22.4 Å². The van der Waals surface area contributed by atoms with E-state index in [1.807, 2.05) is 0 Å². The minimum Gasteiger partial charge on any atom is -0.384 e. The van der Waals surface area contributed by atoms with E-state index < -0.39 is 0 Å². The van der Waals surface area contributed by atoms with Crippen LogP contribution in [0.1, 0.15) is 64.5 Å². The van der Waals surface area contributed by atoms with Crippen LogP contribution in [0.15, 0.2) is 24.3 Å². The van der Waals surface area contributed by atoms with Gasteiger partial charge < -0.3 is 10.2 Å². The maximum atomic E-state index is 13.7. The number of carbonyl (C=O) groups excluding carboxylic acids is 1. The minimum atomic E-state index is -0.0677. The molecule has 2 aliphatic heterocycles. The van der Waals surface area contributed by atoms with E-state index in [0.717, 1.165) is 25.9 Å². The second kappa shape index (κ2) is 7.79. The third-order valence-corrected chi connectivity index (χ3v) is 7.66. The highest BCUT2D eigenvalue weighted by molar-refractivity contribution is 5.88. The summed E-state index contributed by atoms with van der Waals surface area (Å²) in [6.45, 7) is 12.9. The van der Waals surface area contributed by atoms with Crippen LogP contribution in [0.5, 0.6) is 0 Å². The Labute approximate surface area is 176 Å². The van der Waals surface area contributed by atoms with E-state index in [-0.39, 0.29) is 18.0 Å². The fourth-order valence-corrected chi connectivity index (χ4v) is 5.73. The van der Waals surface area contributed by atoms with Gasteiger partial charge in [-0.1, -0.05) is 38.5 Å². The molecular weight excluding hydrogens is 358 g/mol. The number of rotatable bonds is 5. The topological polar surface area (TPSA) is 35.6 Å². The van der Waals surface area contributed by atoms with Crippen molar-refractivity contribution in [3.63, 3.8) is 0 Å². The number of hydrogen-bond acceptors (Lipinski definition) is 3. The molecule has 0 fully saturated rings. The molecule has 1 aromatic carbocycles. The van der Waals surface area contributed by atoms with Gasteiger partial charge >= 0.3 is 0 Å². The number of nitrogens with zero attached hydrogens (tertiary/aromatic N) is 2. The fourth-order valence-electron chi connectivity index (χ4n) is 5.73. The summed E-state index contributed by atoms with van der Waals surface area (Å²) in [4.78, 5) is 18.3. The van der Waals surface area contributed by atoms with E-state index in [0.29, 0.717) is 23.8 Å². The van der Waals surface area contributed by atoms with Crippen molar-refractivity contribution in [2.45, 2.75) is 71.5 Å². The van der Waals surface area contributed by atoms with Crippen molar-refractivity contribution in [3.8, 4) is 0 Å². The van der Waals surface area contributed by atoms with Crippen molar-refractivity contribution < 1.29 is 4.79 Å². The molecule has 0 saturated carbocycles. The van der Waals surface area contributed by atoms with Crippen molar-refractivity contribution in [1.29, 1.82) is 0 Å². The molecule has 3 aliphatic rings. The maximum Gasteiger partial charge on any atom is 0.231 e. The van der Waals surface area contributed by atoms with Crippen LogP contribution in [0.2, 0.25) is 0 Å². The van der Waals surface area contributed by atoms with Gasteiger partial charge in [0.1, 0.15) is 0 Å². The molecule has 1 amide bonds. The number of benzene rings is 1. The monoisotopic (exact) mass is 395 g/mol. The molecule has 29 heavy (non-hydrogen) atoms. The number of carbonyl (C=O) groups is 1. The normalized spacial score (nSPS) is 27.6. The lowest BCUT2D eigenvalue weighted by Gasteiger charge is -2.44. The first-order valence-electron chi connectivity index (χ1n) is 11.4. The zero-order valence-electron chi connectivity index (χ0n) is 18.9. The first-order valence-corrected chi connectivity index (χ1v) is 11.4. The lowest BCUT2D eigenvalue weighted by molar-refractivity contribution is -0.140. The first-order chi connectivity index (χ1) is 13.8. The van der Waals surface area contributed by atoms with Crippen molar-refractivity contribution in [2.24, 2.45) is 11.8 Å². The number of fused-ring (bicyclic) bond motifs is 2. The number of nitrogens with one attached hydrogen (secondary N) is 1. The Morgan fingerprint density at radius 3 is 2.72 bits per heavy atom. The lowest BCUT2D eigenvalue weighted by atomic mass is 9.74. The predicted octanol–water partition coefficient (Wildman–Crippen LogP) is 4.58. The average Bonchev–Trinajstić information content (AvgIpc) is 3.12. The summed E-state index contributed by atoms with van der Waals surface area (Å²) in [7, 11) is 2.20. The van der Waals surface area contributed by atoms with Gasteiger partial charge in [0.15, 0.2) is 0 Å². The SMILES string of the molecule is CCC(C)C(C)N(C(=O)[C@@H]1C=C2c3cccc4c3C(CN4)C[C@H]2N(C)C1)C(C)C. The standard InChI is InChI=1S/C25H37N3O/c1-7-16(4)17(5)28(15(2)3)25(29)19-11-21-20-9-8-10-22-24(20)18(13-26-22)12-23(21)27(6)14-19/h8-11,15-19,23,26H,7,12-14H2,1-6H3/t16?,17?,18?,19-,23-/m1/s1. The van der Waals surface area contributed by atoms with Gasteiger partial charge in [0, 0.05) is 42.8 Å². The number of likely N-dealkylation sites (N-methyl/N-ethyl adjacent to an activating group) is 1. The van der Waals surface area contributed by atoms with E-state index in [4.69, 9.17) is 0 Å². The van der Waals surface area contributed by atoms with E-state index in [1.54, 1.807) is 0 Å². The molecule has 4 heteroatoms. The quantitative estimate of drug-likeness (QED) is 0.792. The van der Waals surface area contributed by atoms with Crippen LogP contribution in [0.4, 0.5) is 5.69 Å². The van der Waals surface area contributed by atoms with Crippen LogP contribution in [-0.2, 0) is 4.79 Å². The Balaban J connectivity index is 1.70. The Morgan fingerprint density at radius 2 is 2.03 bits per heavy atom. The van der Waals surface area contributed by atoms with Gasteiger partial charge in [-0.25, -0.2) is 0 Å². The second-order valence-corrected chi connectivity index (χ2v) is 9.73. The van der Waals surface area contributed by atoms with Crippen molar-refractivity contribution in [1.82, 2.24) is 9.80 Å². The molecule has 4 nitrogen and oxygen atoms in total. The molecule has 0 bridgehead atoms. The Bertz CT molecular complexity index is 814. The molecule has 1 N–H and O–H groups in total. The highest BCUT2D eigenvalue weighted by atomic mass is 16.2. The highest BCUT2D eigenvalue weighted by Gasteiger charge is 2.42. The van der Waals surface area contributed by atoms with E-state index in [2.05, 4.69) is 81.1 Å². The van der Waals surface area contributed by atoms with Gasteiger partial charge in [-0.15, -0.1) is 0 Å². The Hall–Kier alpha value is -1.81. The van der Waals surface area contributed by atoms with Crippen LogP contribution in [-0.4, -0.2) is 54.0 Å². The molecule has 2 heterocycles. The van der Waals surface area contributed by atoms with Crippen LogP contribution in [0.25, 0.3) is 5.57 Å².